The summed E-state index contributed by atoms with van der Waals surface area (Å²) in [6.45, 7) is 6.00. The predicted molar refractivity (Wildman–Crippen MR) is 127 cm³/mol. The number of thiophene rings is 1. The van der Waals surface area contributed by atoms with Crippen LogP contribution in [-0.4, -0.2) is 33.4 Å². The van der Waals surface area contributed by atoms with Gasteiger partial charge in [0.15, 0.2) is 16.8 Å². The number of carbonyl (C=O) groups excluding carboxylic acids is 1. The fraction of sp³-hybridized carbons (Fsp3) is 0.208. The Labute approximate surface area is 190 Å². The molecule has 0 bridgehead atoms. The number of hydrogen-bond acceptors (Lipinski definition) is 6. The van der Waals surface area contributed by atoms with Crippen molar-refractivity contribution in [2.24, 2.45) is 0 Å². The Hall–Kier alpha value is -2.90. The number of ketones is 1. The van der Waals surface area contributed by atoms with Crippen LogP contribution in [0.4, 0.5) is 0 Å². The molecule has 2 aromatic heterocycles. The minimum atomic E-state index is 0.0784. The van der Waals surface area contributed by atoms with Gasteiger partial charge in [0.1, 0.15) is 5.75 Å². The first-order valence-corrected chi connectivity index (χ1v) is 11.7. The second-order valence-corrected chi connectivity index (χ2v) is 9.21. The molecule has 0 aliphatic heterocycles. The monoisotopic (exact) mass is 449 g/mol. The van der Waals surface area contributed by atoms with Crippen molar-refractivity contribution in [2.75, 3.05) is 12.9 Å². The van der Waals surface area contributed by atoms with E-state index in [1.807, 2.05) is 73.2 Å². The molecule has 2 heterocycles. The van der Waals surface area contributed by atoms with Gasteiger partial charge >= 0.3 is 0 Å². The largest absolute Gasteiger partial charge is 0.495 e. The molecule has 0 saturated carbocycles. The van der Waals surface area contributed by atoms with Gasteiger partial charge in [-0.25, -0.2) is 0 Å². The molecule has 0 spiro atoms. The normalized spacial score (nSPS) is 11.0. The fourth-order valence-corrected chi connectivity index (χ4v) is 4.89. The molecule has 0 amide bonds. The average Bonchev–Trinajstić information content (AvgIpc) is 3.43. The van der Waals surface area contributed by atoms with Crippen LogP contribution in [0.2, 0.25) is 0 Å². The van der Waals surface area contributed by atoms with E-state index in [1.165, 1.54) is 11.8 Å². The fourth-order valence-electron chi connectivity index (χ4n) is 3.36. The van der Waals surface area contributed by atoms with Crippen molar-refractivity contribution in [2.45, 2.75) is 25.9 Å². The first-order valence-electron chi connectivity index (χ1n) is 9.85. The van der Waals surface area contributed by atoms with Crippen LogP contribution >= 0.6 is 23.1 Å². The molecule has 4 rings (SSSR count). The Bertz CT molecular complexity index is 1230. The Morgan fingerprint density at radius 1 is 1.06 bits per heavy atom. The van der Waals surface area contributed by atoms with Crippen molar-refractivity contribution < 1.29 is 9.53 Å². The maximum absolute atomic E-state index is 13.0. The number of Topliss-reactive ketones (excluding diaryl/α,β-unsaturated/α-hetero) is 1. The molecule has 0 saturated heterocycles. The number of aryl methyl sites for hydroxylation is 3. The molecular weight excluding hydrogens is 426 g/mol. The third-order valence-corrected chi connectivity index (χ3v) is 6.77. The lowest BCUT2D eigenvalue weighted by Gasteiger charge is -2.14. The molecule has 0 unspecified atom stereocenters. The SMILES string of the molecule is COc1ccc(C)cc1-n1c(SCC(=O)c2cc(C)ccc2C)nnc1-c1cccs1. The highest BCUT2D eigenvalue weighted by atomic mass is 32.2. The molecule has 4 aromatic rings. The molecule has 0 radical (unpaired) electrons. The van der Waals surface area contributed by atoms with E-state index in [0.29, 0.717) is 5.16 Å². The number of carbonyl (C=O) groups is 1. The lowest BCUT2D eigenvalue weighted by atomic mass is 10.0. The number of ether oxygens (including phenoxy) is 1. The summed E-state index contributed by atoms with van der Waals surface area (Å²) in [6, 6.07) is 16.0. The van der Waals surface area contributed by atoms with Gasteiger partial charge < -0.3 is 4.74 Å². The van der Waals surface area contributed by atoms with Crippen LogP contribution in [0.15, 0.2) is 59.1 Å². The van der Waals surface area contributed by atoms with Gasteiger partial charge in [0.2, 0.25) is 0 Å². The molecule has 2 aromatic carbocycles. The van der Waals surface area contributed by atoms with Gasteiger partial charge in [-0.15, -0.1) is 21.5 Å². The maximum atomic E-state index is 13.0. The molecule has 0 aliphatic rings. The summed E-state index contributed by atoms with van der Waals surface area (Å²) in [5.74, 6) is 1.82. The lowest BCUT2D eigenvalue weighted by Crippen LogP contribution is -2.07. The lowest BCUT2D eigenvalue weighted by molar-refractivity contribution is 0.102. The molecule has 0 fully saturated rings. The van der Waals surface area contributed by atoms with Gasteiger partial charge in [-0.05, 0) is 61.5 Å². The summed E-state index contributed by atoms with van der Waals surface area (Å²) in [4.78, 5) is 14.0. The van der Waals surface area contributed by atoms with Gasteiger partial charge in [0, 0.05) is 5.56 Å². The second-order valence-electron chi connectivity index (χ2n) is 7.32. The maximum Gasteiger partial charge on any atom is 0.196 e. The van der Waals surface area contributed by atoms with Crippen LogP contribution < -0.4 is 4.74 Å². The molecule has 158 valence electrons. The van der Waals surface area contributed by atoms with Gasteiger partial charge in [0.05, 0.1) is 23.4 Å². The van der Waals surface area contributed by atoms with Gasteiger partial charge in [-0.1, -0.05) is 41.6 Å². The van der Waals surface area contributed by atoms with E-state index < -0.39 is 0 Å². The van der Waals surface area contributed by atoms with Crippen molar-refractivity contribution in [3.8, 4) is 22.1 Å². The minimum absolute atomic E-state index is 0.0784. The quantitative estimate of drug-likeness (QED) is 0.259. The number of benzene rings is 2. The zero-order valence-electron chi connectivity index (χ0n) is 17.9. The summed E-state index contributed by atoms with van der Waals surface area (Å²) in [5, 5.41) is 11.6. The summed E-state index contributed by atoms with van der Waals surface area (Å²) in [7, 11) is 1.65. The molecule has 0 aliphatic carbocycles. The van der Waals surface area contributed by atoms with Crippen LogP contribution in [0.5, 0.6) is 5.75 Å². The molecule has 5 nitrogen and oxygen atoms in total. The highest BCUT2D eigenvalue weighted by Crippen LogP contribution is 2.35. The number of methoxy groups -OCH3 is 1. The van der Waals surface area contributed by atoms with Crippen LogP contribution in [0.3, 0.4) is 0 Å². The molecular formula is C24H23N3O2S2. The predicted octanol–water partition coefficient (Wildman–Crippen LogP) is 5.90. The molecule has 7 heteroatoms. The van der Waals surface area contributed by atoms with E-state index >= 15 is 0 Å². The summed E-state index contributed by atoms with van der Waals surface area (Å²) >= 11 is 2.99. The van der Waals surface area contributed by atoms with E-state index in [2.05, 4.69) is 16.3 Å². The Morgan fingerprint density at radius 3 is 2.58 bits per heavy atom. The van der Waals surface area contributed by atoms with Crippen molar-refractivity contribution in [1.29, 1.82) is 0 Å². The summed E-state index contributed by atoms with van der Waals surface area (Å²) < 4.78 is 7.61. The Morgan fingerprint density at radius 2 is 1.84 bits per heavy atom. The second kappa shape index (κ2) is 9.08. The van der Waals surface area contributed by atoms with Gasteiger partial charge in [0.25, 0.3) is 0 Å². The number of thioether (sulfide) groups is 1. The van der Waals surface area contributed by atoms with E-state index in [0.717, 1.165) is 44.4 Å². The summed E-state index contributed by atoms with van der Waals surface area (Å²) in [6.07, 6.45) is 0. The van der Waals surface area contributed by atoms with Crippen LogP contribution in [0.1, 0.15) is 27.0 Å². The third-order valence-electron chi connectivity index (χ3n) is 4.98. The van der Waals surface area contributed by atoms with Crippen molar-refractivity contribution in [3.05, 3.63) is 76.2 Å². The van der Waals surface area contributed by atoms with E-state index in [-0.39, 0.29) is 11.5 Å². The van der Waals surface area contributed by atoms with E-state index in [9.17, 15) is 4.79 Å². The molecule has 0 N–H and O–H groups in total. The summed E-state index contributed by atoms with van der Waals surface area (Å²) in [5.41, 5.74) is 4.77. The van der Waals surface area contributed by atoms with Gasteiger partial charge in [-0.3, -0.25) is 9.36 Å². The highest BCUT2D eigenvalue weighted by molar-refractivity contribution is 7.99. The van der Waals surface area contributed by atoms with Gasteiger partial charge in [-0.2, -0.15) is 0 Å². The number of rotatable bonds is 7. The Balaban J connectivity index is 1.73. The number of aromatic nitrogens is 3. The van der Waals surface area contributed by atoms with Crippen molar-refractivity contribution >= 4 is 28.9 Å². The molecule has 0 atom stereocenters. The minimum Gasteiger partial charge on any atom is -0.495 e. The first-order chi connectivity index (χ1) is 15.0. The number of hydrogen-bond donors (Lipinski definition) is 0. The van der Waals surface area contributed by atoms with Crippen molar-refractivity contribution in [3.63, 3.8) is 0 Å². The topological polar surface area (TPSA) is 57.0 Å². The zero-order chi connectivity index (χ0) is 22.0. The smallest absolute Gasteiger partial charge is 0.196 e. The van der Waals surface area contributed by atoms with E-state index in [1.54, 1.807) is 18.4 Å². The van der Waals surface area contributed by atoms with Crippen LogP contribution in [0, 0.1) is 20.8 Å². The van der Waals surface area contributed by atoms with E-state index in [4.69, 9.17) is 4.74 Å². The first kappa shape index (κ1) is 21.3. The third kappa shape index (κ3) is 4.43. The average molecular weight is 450 g/mol. The van der Waals surface area contributed by atoms with Crippen LogP contribution in [-0.2, 0) is 0 Å². The number of nitrogens with zero attached hydrogens (tertiary/aromatic N) is 3. The zero-order valence-corrected chi connectivity index (χ0v) is 19.5. The van der Waals surface area contributed by atoms with Crippen molar-refractivity contribution in [1.82, 2.24) is 14.8 Å². The highest BCUT2D eigenvalue weighted by Gasteiger charge is 2.21. The van der Waals surface area contributed by atoms with Crippen LogP contribution in [0.25, 0.3) is 16.4 Å². The standard InChI is InChI=1S/C24H23N3O2S2/c1-15-7-9-17(3)18(12-15)20(28)14-31-24-26-25-23(22-6-5-11-30-22)27(24)19-13-16(2)8-10-21(19)29-4/h5-13H,14H2,1-4H3. The molecule has 31 heavy (non-hydrogen) atoms. The Kier molecular flexibility index (Phi) is 6.25.